The van der Waals surface area contributed by atoms with Crippen LogP contribution in [0.2, 0.25) is 5.15 Å². The molecule has 5 heteroatoms. The van der Waals surface area contributed by atoms with Crippen molar-refractivity contribution < 1.29 is 4.74 Å². The van der Waals surface area contributed by atoms with Gasteiger partial charge in [0.15, 0.2) is 16.7 Å². The van der Waals surface area contributed by atoms with Crippen LogP contribution in [-0.4, -0.2) is 30.2 Å². The van der Waals surface area contributed by atoms with Crippen LogP contribution in [0.4, 0.5) is 5.82 Å². The average molecular weight is 242 g/mol. The molecule has 88 valence electrons. The van der Waals surface area contributed by atoms with Gasteiger partial charge in [-0.2, -0.15) is 0 Å². The second-order valence-electron chi connectivity index (χ2n) is 4.07. The van der Waals surface area contributed by atoms with Crippen LogP contribution in [0.3, 0.4) is 0 Å². The van der Waals surface area contributed by atoms with E-state index in [9.17, 15) is 0 Å². The second-order valence-corrected chi connectivity index (χ2v) is 4.43. The number of halogens is 1. The van der Waals surface area contributed by atoms with Crippen molar-refractivity contribution in [2.45, 2.75) is 31.7 Å². The van der Waals surface area contributed by atoms with E-state index in [1.807, 2.05) is 7.05 Å². The molecule has 0 spiro atoms. The van der Waals surface area contributed by atoms with Gasteiger partial charge in [-0.15, -0.1) is 0 Å². The maximum Gasteiger partial charge on any atom is 0.199 e. The summed E-state index contributed by atoms with van der Waals surface area (Å²) >= 11 is 5.98. The fraction of sp³-hybridized carbons (Fsp3) is 0.636. The molecule has 0 atom stereocenters. The zero-order valence-corrected chi connectivity index (χ0v) is 10.4. The number of hydrogen-bond acceptors (Lipinski definition) is 4. The molecule has 16 heavy (non-hydrogen) atoms. The molecule has 1 heterocycles. The minimum Gasteiger partial charge on any atom is -0.490 e. The quantitative estimate of drug-likeness (QED) is 0.763. The first kappa shape index (κ1) is 11.5. The van der Waals surface area contributed by atoms with E-state index in [0.29, 0.717) is 16.9 Å². The predicted octanol–water partition coefficient (Wildman–Crippen LogP) is 2.52. The molecule has 0 saturated heterocycles. The molecule has 0 radical (unpaired) electrons. The molecule has 1 aliphatic rings. The SMILES string of the molecule is COc1c(Cl)ncnc1N(C)C1CCCC1. The number of aromatic nitrogens is 2. The molecular weight excluding hydrogens is 226 g/mol. The van der Waals surface area contributed by atoms with E-state index in [1.54, 1.807) is 7.11 Å². The van der Waals surface area contributed by atoms with E-state index in [4.69, 9.17) is 16.3 Å². The fourth-order valence-corrected chi connectivity index (χ4v) is 2.44. The highest BCUT2D eigenvalue weighted by molar-refractivity contribution is 6.31. The minimum atomic E-state index is 0.373. The van der Waals surface area contributed by atoms with Gasteiger partial charge in [0.2, 0.25) is 0 Å². The largest absolute Gasteiger partial charge is 0.490 e. The summed E-state index contributed by atoms with van der Waals surface area (Å²) in [5.41, 5.74) is 0. The Kier molecular flexibility index (Phi) is 3.49. The Morgan fingerprint density at radius 1 is 1.38 bits per heavy atom. The number of hydrogen-bond donors (Lipinski definition) is 0. The maximum absolute atomic E-state index is 5.98. The standard InChI is InChI=1S/C11H16ClN3O/c1-15(8-5-3-4-6-8)11-9(16-2)10(12)13-7-14-11/h7-8H,3-6H2,1-2H3. The summed E-state index contributed by atoms with van der Waals surface area (Å²) in [6.45, 7) is 0. The van der Waals surface area contributed by atoms with Crippen molar-refractivity contribution in [3.8, 4) is 5.75 Å². The number of methoxy groups -OCH3 is 1. The lowest BCUT2D eigenvalue weighted by atomic mass is 10.2. The summed E-state index contributed by atoms with van der Waals surface area (Å²) < 4.78 is 5.26. The van der Waals surface area contributed by atoms with Gasteiger partial charge in [0.05, 0.1) is 7.11 Å². The lowest BCUT2D eigenvalue weighted by Gasteiger charge is -2.26. The third-order valence-electron chi connectivity index (χ3n) is 3.15. The molecular formula is C11H16ClN3O. The Labute approximate surface area is 101 Å². The highest BCUT2D eigenvalue weighted by Gasteiger charge is 2.24. The van der Waals surface area contributed by atoms with Crippen LogP contribution in [-0.2, 0) is 0 Å². The Balaban J connectivity index is 2.27. The van der Waals surface area contributed by atoms with E-state index in [2.05, 4.69) is 14.9 Å². The van der Waals surface area contributed by atoms with Gasteiger partial charge >= 0.3 is 0 Å². The van der Waals surface area contributed by atoms with Crippen LogP contribution in [0.1, 0.15) is 25.7 Å². The molecule has 0 bridgehead atoms. The van der Waals surface area contributed by atoms with Crippen molar-refractivity contribution in [3.05, 3.63) is 11.5 Å². The summed E-state index contributed by atoms with van der Waals surface area (Å²) in [4.78, 5) is 10.3. The van der Waals surface area contributed by atoms with E-state index >= 15 is 0 Å². The summed E-state index contributed by atoms with van der Waals surface area (Å²) in [7, 11) is 3.63. The van der Waals surface area contributed by atoms with Gasteiger partial charge in [0.25, 0.3) is 0 Å². The summed E-state index contributed by atoms with van der Waals surface area (Å²) in [6.07, 6.45) is 6.47. The van der Waals surface area contributed by atoms with Gasteiger partial charge < -0.3 is 9.64 Å². The lowest BCUT2D eigenvalue weighted by molar-refractivity contribution is 0.409. The Bertz CT molecular complexity index is 366. The van der Waals surface area contributed by atoms with Crippen molar-refractivity contribution in [2.24, 2.45) is 0 Å². The van der Waals surface area contributed by atoms with Gasteiger partial charge in [-0.1, -0.05) is 24.4 Å². The van der Waals surface area contributed by atoms with Crippen LogP contribution in [0.5, 0.6) is 5.75 Å². The van der Waals surface area contributed by atoms with Crippen LogP contribution >= 0.6 is 11.6 Å². The van der Waals surface area contributed by atoms with Crippen LogP contribution in [0.25, 0.3) is 0 Å². The molecule has 0 aromatic carbocycles. The third-order valence-corrected chi connectivity index (χ3v) is 3.42. The molecule has 1 fully saturated rings. The number of rotatable bonds is 3. The first-order valence-electron chi connectivity index (χ1n) is 5.51. The monoisotopic (exact) mass is 241 g/mol. The smallest absolute Gasteiger partial charge is 0.199 e. The topological polar surface area (TPSA) is 38.3 Å². The van der Waals surface area contributed by atoms with Crippen molar-refractivity contribution in [3.63, 3.8) is 0 Å². The zero-order valence-electron chi connectivity index (χ0n) is 9.61. The molecule has 0 aliphatic heterocycles. The summed E-state index contributed by atoms with van der Waals surface area (Å²) in [5.74, 6) is 1.35. The summed E-state index contributed by atoms with van der Waals surface area (Å²) in [6, 6.07) is 0.542. The van der Waals surface area contributed by atoms with Gasteiger partial charge in [0.1, 0.15) is 6.33 Å². The average Bonchev–Trinajstić information content (AvgIpc) is 2.81. The highest BCUT2D eigenvalue weighted by atomic mass is 35.5. The first-order chi connectivity index (χ1) is 7.74. The lowest BCUT2D eigenvalue weighted by Crippen LogP contribution is -2.30. The second kappa shape index (κ2) is 4.87. The normalized spacial score (nSPS) is 16.4. The maximum atomic E-state index is 5.98. The van der Waals surface area contributed by atoms with E-state index in [-0.39, 0.29) is 0 Å². The molecule has 0 N–H and O–H groups in total. The molecule has 1 saturated carbocycles. The number of nitrogens with zero attached hydrogens (tertiary/aromatic N) is 3. The molecule has 0 unspecified atom stereocenters. The molecule has 0 amide bonds. The van der Waals surface area contributed by atoms with E-state index < -0.39 is 0 Å². The third kappa shape index (κ3) is 2.07. The highest BCUT2D eigenvalue weighted by Crippen LogP contribution is 2.34. The molecule has 4 nitrogen and oxygen atoms in total. The van der Waals surface area contributed by atoms with Crippen LogP contribution < -0.4 is 9.64 Å². The molecule has 1 aromatic heterocycles. The van der Waals surface area contributed by atoms with Gasteiger partial charge in [-0.25, -0.2) is 9.97 Å². The summed E-state index contributed by atoms with van der Waals surface area (Å²) in [5, 5.41) is 0.373. The Morgan fingerprint density at radius 3 is 2.69 bits per heavy atom. The first-order valence-corrected chi connectivity index (χ1v) is 5.89. The van der Waals surface area contributed by atoms with Gasteiger partial charge in [-0.3, -0.25) is 0 Å². The zero-order chi connectivity index (χ0) is 11.5. The van der Waals surface area contributed by atoms with Crippen LogP contribution in [0, 0.1) is 0 Å². The van der Waals surface area contributed by atoms with Crippen molar-refractivity contribution in [1.82, 2.24) is 9.97 Å². The Morgan fingerprint density at radius 2 is 2.06 bits per heavy atom. The van der Waals surface area contributed by atoms with Gasteiger partial charge in [-0.05, 0) is 12.8 Å². The fourth-order valence-electron chi connectivity index (χ4n) is 2.24. The minimum absolute atomic E-state index is 0.373. The Hall–Kier alpha value is -1.03. The van der Waals surface area contributed by atoms with Crippen molar-refractivity contribution >= 4 is 17.4 Å². The van der Waals surface area contributed by atoms with Gasteiger partial charge in [0, 0.05) is 13.1 Å². The van der Waals surface area contributed by atoms with Crippen LogP contribution in [0.15, 0.2) is 6.33 Å². The van der Waals surface area contributed by atoms with Crippen molar-refractivity contribution in [1.29, 1.82) is 0 Å². The van der Waals surface area contributed by atoms with E-state index in [0.717, 1.165) is 5.82 Å². The number of anilines is 1. The molecule has 1 aromatic rings. The molecule has 1 aliphatic carbocycles. The number of ether oxygens (including phenoxy) is 1. The van der Waals surface area contributed by atoms with Crippen molar-refractivity contribution in [2.75, 3.05) is 19.1 Å². The van der Waals surface area contributed by atoms with E-state index in [1.165, 1.54) is 32.0 Å². The predicted molar refractivity (Wildman–Crippen MR) is 64.3 cm³/mol. The molecule has 2 rings (SSSR count).